The summed E-state index contributed by atoms with van der Waals surface area (Å²) in [5, 5.41) is 8.77. The maximum Gasteiger partial charge on any atom is 0.191 e. The first-order valence-electron chi connectivity index (χ1n) is 5.67. The predicted molar refractivity (Wildman–Crippen MR) is 66.3 cm³/mol. The molecule has 1 aliphatic carbocycles. The molecule has 0 aromatic heterocycles. The molecule has 1 aliphatic rings. The Kier molecular flexibility index (Phi) is 3.20. The molecule has 0 atom stereocenters. The van der Waals surface area contributed by atoms with Crippen molar-refractivity contribution in [3.63, 3.8) is 0 Å². The molecule has 2 rings (SSSR count). The summed E-state index contributed by atoms with van der Waals surface area (Å²) < 4.78 is 5.38. The number of benzene rings is 1. The summed E-state index contributed by atoms with van der Waals surface area (Å²) in [5.74, 6) is 0.406. The molecule has 1 aromatic rings. The zero-order valence-electron chi connectivity index (χ0n) is 9.42. The molecule has 0 radical (unpaired) electrons. The fraction of sp³-hybridized carbons (Fsp3) is 0.462. The Balaban J connectivity index is 2.27. The van der Waals surface area contributed by atoms with Gasteiger partial charge in [-0.3, -0.25) is 5.41 Å². The molecule has 1 fully saturated rings. The summed E-state index contributed by atoms with van der Waals surface area (Å²) in [7, 11) is 0. The topological polar surface area (TPSA) is 33.1 Å². The minimum atomic E-state index is -0.180. The van der Waals surface area contributed by atoms with Crippen molar-refractivity contribution in [1.82, 2.24) is 0 Å². The van der Waals surface area contributed by atoms with Crippen LogP contribution in [0.2, 0.25) is 5.02 Å². The van der Waals surface area contributed by atoms with E-state index in [-0.39, 0.29) is 5.41 Å². The van der Waals surface area contributed by atoms with Gasteiger partial charge in [0, 0.05) is 5.02 Å². The van der Waals surface area contributed by atoms with Gasteiger partial charge in [0.15, 0.2) is 5.90 Å². The highest BCUT2D eigenvalue weighted by Gasteiger charge is 2.44. The second-order valence-corrected chi connectivity index (χ2v) is 4.64. The third-order valence-electron chi connectivity index (χ3n) is 3.33. The molecule has 3 heteroatoms. The highest BCUT2D eigenvalue weighted by molar-refractivity contribution is 6.30. The van der Waals surface area contributed by atoms with Gasteiger partial charge in [-0.2, -0.15) is 0 Å². The lowest BCUT2D eigenvalue weighted by Crippen LogP contribution is -2.43. The van der Waals surface area contributed by atoms with Crippen LogP contribution in [0.15, 0.2) is 24.3 Å². The largest absolute Gasteiger partial charge is 0.481 e. The first-order valence-corrected chi connectivity index (χ1v) is 6.05. The van der Waals surface area contributed by atoms with Crippen LogP contribution in [0.5, 0.6) is 0 Å². The zero-order valence-corrected chi connectivity index (χ0v) is 10.2. The molecular weight excluding hydrogens is 222 g/mol. The molecule has 0 heterocycles. The molecule has 0 spiro atoms. The van der Waals surface area contributed by atoms with Gasteiger partial charge in [0.2, 0.25) is 0 Å². The van der Waals surface area contributed by atoms with E-state index in [0.717, 1.165) is 29.8 Å². The van der Waals surface area contributed by atoms with Crippen LogP contribution >= 0.6 is 11.6 Å². The Morgan fingerprint density at radius 1 is 1.38 bits per heavy atom. The minimum absolute atomic E-state index is 0.180. The van der Waals surface area contributed by atoms with E-state index in [4.69, 9.17) is 21.7 Å². The van der Waals surface area contributed by atoms with Gasteiger partial charge in [-0.15, -0.1) is 0 Å². The Morgan fingerprint density at radius 2 is 2.00 bits per heavy atom. The molecule has 0 aliphatic heterocycles. The van der Waals surface area contributed by atoms with E-state index in [2.05, 4.69) is 0 Å². The van der Waals surface area contributed by atoms with E-state index in [1.807, 2.05) is 31.2 Å². The maximum atomic E-state index is 8.03. The van der Waals surface area contributed by atoms with Crippen molar-refractivity contribution >= 4 is 17.5 Å². The summed E-state index contributed by atoms with van der Waals surface area (Å²) in [4.78, 5) is 0. The highest BCUT2D eigenvalue weighted by atomic mass is 35.5. The van der Waals surface area contributed by atoms with Gasteiger partial charge in [0.1, 0.15) is 0 Å². The molecule has 0 amide bonds. The molecule has 86 valence electrons. The van der Waals surface area contributed by atoms with E-state index in [1.165, 1.54) is 0 Å². The van der Waals surface area contributed by atoms with E-state index in [0.29, 0.717) is 12.5 Å². The Hall–Kier alpha value is -1.02. The molecule has 1 saturated carbocycles. The van der Waals surface area contributed by atoms with Crippen LogP contribution < -0.4 is 0 Å². The van der Waals surface area contributed by atoms with Gasteiger partial charge >= 0.3 is 0 Å². The summed E-state index contributed by atoms with van der Waals surface area (Å²) in [6.07, 6.45) is 3.18. The fourth-order valence-corrected chi connectivity index (χ4v) is 2.35. The molecular formula is C13H16ClNO. The Bertz CT molecular complexity index is 381. The smallest absolute Gasteiger partial charge is 0.191 e. The fourth-order valence-electron chi connectivity index (χ4n) is 2.23. The number of hydrogen-bond acceptors (Lipinski definition) is 2. The predicted octanol–water partition coefficient (Wildman–Crippen LogP) is 3.78. The van der Waals surface area contributed by atoms with Gasteiger partial charge in [-0.1, -0.05) is 30.2 Å². The van der Waals surface area contributed by atoms with E-state index >= 15 is 0 Å². The maximum absolute atomic E-state index is 8.03. The Morgan fingerprint density at radius 3 is 2.44 bits per heavy atom. The lowest BCUT2D eigenvalue weighted by atomic mass is 9.64. The average Bonchev–Trinajstić information content (AvgIpc) is 2.19. The van der Waals surface area contributed by atoms with Gasteiger partial charge < -0.3 is 4.74 Å². The van der Waals surface area contributed by atoms with E-state index in [1.54, 1.807) is 0 Å². The van der Waals surface area contributed by atoms with Crippen LogP contribution in [0.4, 0.5) is 0 Å². The highest BCUT2D eigenvalue weighted by Crippen LogP contribution is 2.45. The number of halogens is 1. The molecule has 0 bridgehead atoms. The summed E-state index contributed by atoms with van der Waals surface area (Å²) in [6, 6.07) is 7.79. The van der Waals surface area contributed by atoms with Crippen LogP contribution in [-0.4, -0.2) is 12.5 Å². The first kappa shape index (κ1) is 11.5. The number of ether oxygens (including phenoxy) is 1. The zero-order chi connectivity index (χ0) is 11.6. The normalized spacial score (nSPS) is 17.6. The van der Waals surface area contributed by atoms with Crippen LogP contribution in [0.1, 0.15) is 31.7 Å². The lowest BCUT2D eigenvalue weighted by Gasteiger charge is -2.41. The second-order valence-electron chi connectivity index (χ2n) is 4.20. The lowest BCUT2D eigenvalue weighted by molar-refractivity contribution is 0.230. The minimum Gasteiger partial charge on any atom is -0.481 e. The van der Waals surface area contributed by atoms with Crippen molar-refractivity contribution < 1.29 is 4.74 Å². The van der Waals surface area contributed by atoms with Crippen molar-refractivity contribution in [2.24, 2.45) is 0 Å². The summed E-state index contributed by atoms with van der Waals surface area (Å²) >= 11 is 5.88. The van der Waals surface area contributed by atoms with Crippen LogP contribution in [0.25, 0.3) is 0 Å². The van der Waals surface area contributed by atoms with Gasteiger partial charge in [0.05, 0.1) is 12.0 Å². The number of rotatable bonds is 3. The number of nitrogens with one attached hydrogen (secondary N) is 1. The van der Waals surface area contributed by atoms with Gasteiger partial charge in [-0.25, -0.2) is 0 Å². The Labute approximate surface area is 101 Å². The van der Waals surface area contributed by atoms with Crippen LogP contribution in [0.3, 0.4) is 0 Å². The molecule has 2 nitrogen and oxygen atoms in total. The molecule has 1 aromatic carbocycles. The first-order chi connectivity index (χ1) is 7.69. The standard InChI is InChI=1S/C13H16ClNO/c1-2-16-12(15)13(8-3-9-13)10-4-6-11(14)7-5-10/h4-7,15H,2-3,8-9H2,1H3. The SMILES string of the molecule is CCOC(=N)C1(c2ccc(Cl)cc2)CCC1. The number of hydrogen-bond donors (Lipinski definition) is 1. The molecule has 16 heavy (non-hydrogen) atoms. The van der Waals surface area contributed by atoms with Crippen molar-refractivity contribution in [3.05, 3.63) is 34.9 Å². The van der Waals surface area contributed by atoms with Crippen molar-refractivity contribution in [3.8, 4) is 0 Å². The summed E-state index contributed by atoms with van der Waals surface area (Å²) in [6.45, 7) is 2.48. The molecule has 1 N–H and O–H groups in total. The van der Waals surface area contributed by atoms with Crippen molar-refractivity contribution in [1.29, 1.82) is 5.41 Å². The van der Waals surface area contributed by atoms with Gasteiger partial charge in [0.25, 0.3) is 0 Å². The van der Waals surface area contributed by atoms with Crippen molar-refractivity contribution in [2.45, 2.75) is 31.6 Å². The van der Waals surface area contributed by atoms with E-state index in [9.17, 15) is 0 Å². The monoisotopic (exact) mass is 237 g/mol. The van der Waals surface area contributed by atoms with E-state index < -0.39 is 0 Å². The average molecular weight is 238 g/mol. The van der Waals surface area contributed by atoms with Gasteiger partial charge in [-0.05, 0) is 37.5 Å². The van der Waals surface area contributed by atoms with Crippen molar-refractivity contribution in [2.75, 3.05) is 6.61 Å². The molecule has 0 unspecified atom stereocenters. The summed E-state index contributed by atoms with van der Waals surface area (Å²) in [5.41, 5.74) is 0.974. The van der Waals surface area contributed by atoms with Crippen LogP contribution in [-0.2, 0) is 10.2 Å². The third kappa shape index (κ3) is 1.82. The third-order valence-corrected chi connectivity index (χ3v) is 3.58. The molecule has 0 saturated heterocycles. The second kappa shape index (κ2) is 4.46. The van der Waals surface area contributed by atoms with Crippen LogP contribution in [0, 0.1) is 5.41 Å². The quantitative estimate of drug-likeness (QED) is 0.630.